The molecule has 0 fully saturated rings. The third kappa shape index (κ3) is 3.37. The standard InChI is InChI=1S/C22H16N2O3S/c1-13-10-11-18-19(12-13)28-22(23-18)24-20(25)16-8-4-2-6-14(16)15-7-3-5-9-17(15)21(26)27/h2-12H,1H3,(H,26,27)(H,23,24,25). The summed E-state index contributed by atoms with van der Waals surface area (Å²) in [4.78, 5) is 29.0. The molecular weight excluding hydrogens is 372 g/mol. The number of carboxylic acid groups (broad SMARTS) is 1. The smallest absolute Gasteiger partial charge is 0.336 e. The lowest BCUT2D eigenvalue weighted by atomic mass is 9.95. The molecule has 0 spiro atoms. The molecule has 1 amide bonds. The van der Waals surface area contributed by atoms with Crippen LogP contribution < -0.4 is 5.32 Å². The lowest BCUT2D eigenvalue weighted by Gasteiger charge is -2.11. The highest BCUT2D eigenvalue weighted by atomic mass is 32.1. The quantitative estimate of drug-likeness (QED) is 0.502. The molecule has 28 heavy (non-hydrogen) atoms. The lowest BCUT2D eigenvalue weighted by molar-refractivity contribution is 0.0697. The maximum absolute atomic E-state index is 12.9. The van der Waals surface area contributed by atoms with E-state index in [0.717, 1.165) is 15.8 Å². The Bertz CT molecular complexity index is 1210. The number of hydrogen-bond donors (Lipinski definition) is 2. The number of carbonyl (C=O) groups is 2. The van der Waals surface area contributed by atoms with Crippen molar-refractivity contribution in [1.29, 1.82) is 0 Å². The molecule has 138 valence electrons. The predicted molar refractivity (Wildman–Crippen MR) is 111 cm³/mol. The Morgan fingerprint density at radius 3 is 2.29 bits per heavy atom. The maximum Gasteiger partial charge on any atom is 0.336 e. The van der Waals surface area contributed by atoms with Crippen LogP contribution in [-0.2, 0) is 0 Å². The molecule has 0 saturated carbocycles. The maximum atomic E-state index is 12.9. The fourth-order valence-electron chi connectivity index (χ4n) is 3.07. The van der Waals surface area contributed by atoms with E-state index in [1.807, 2.05) is 25.1 Å². The molecule has 0 saturated heterocycles. The van der Waals surface area contributed by atoms with Gasteiger partial charge in [0.25, 0.3) is 5.91 Å². The molecule has 0 aliphatic carbocycles. The van der Waals surface area contributed by atoms with Crippen molar-refractivity contribution in [1.82, 2.24) is 4.98 Å². The fraction of sp³-hybridized carbons (Fsp3) is 0.0455. The van der Waals surface area contributed by atoms with E-state index in [9.17, 15) is 14.7 Å². The van der Waals surface area contributed by atoms with Gasteiger partial charge in [0.15, 0.2) is 5.13 Å². The Morgan fingerprint density at radius 2 is 1.57 bits per heavy atom. The number of benzene rings is 3. The first-order chi connectivity index (χ1) is 13.5. The Kier molecular flexibility index (Phi) is 4.63. The minimum Gasteiger partial charge on any atom is -0.478 e. The molecule has 0 aliphatic heterocycles. The molecule has 5 nitrogen and oxygen atoms in total. The largest absolute Gasteiger partial charge is 0.478 e. The molecule has 2 N–H and O–H groups in total. The van der Waals surface area contributed by atoms with Crippen molar-refractivity contribution in [2.24, 2.45) is 0 Å². The first-order valence-corrected chi connectivity index (χ1v) is 9.45. The second-order valence-corrected chi connectivity index (χ2v) is 7.37. The molecule has 0 atom stereocenters. The van der Waals surface area contributed by atoms with E-state index in [1.165, 1.54) is 17.4 Å². The van der Waals surface area contributed by atoms with Gasteiger partial charge in [-0.2, -0.15) is 0 Å². The van der Waals surface area contributed by atoms with Gasteiger partial charge < -0.3 is 5.11 Å². The second-order valence-electron chi connectivity index (χ2n) is 6.34. The normalized spacial score (nSPS) is 10.8. The van der Waals surface area contributed by atoms with Crippen LogP contribution in [0, 0.1) is 6.92 Å². The van der Waals surface area contributed by atoms with Gasteiger partial charge in [-0.25, -0.2) is 9.78 Å². The van der Waals surface area contributed by atoms with Crippen LogP contribution in [-0.4, -0.2) is 22.0 Å². The van der Waals surface area contributed by atoms with Crippen molar-refractivity contribution < 1.29 is 14.7 Å². The van der Waals surface area contributed by atoms with Gasteiger partial charge in [-0.3, -0.25) is 10.1 Å². The van der Waals surface area contributed by atoms with E-state index in [0.29, 0.717) is 21.8 Å². The minimum absolute atomic E-state index is 0.151. The van der Waals surface area contributed by atoms with E-state index in [-0.39, 0.29) is 11.5 Å². The zero-order valence-electron chi connectivity index (χ0n) is 15.0. The second kappa shape index (κ2) is 7.25. The summed E-state index contributed by atoms with van der Waals surface area (Å²) in [6.07, 6.45) is 0. The Morgan fingerprint density at radius 1 is 0.929 bits per heavy atom. The molecule has 3 aromatic carbocycles. The van der Waals surface area contributed by atoms with Crippen molar-refractivity contribution in [2.75, 3.05) is 5.32 Å². The molecule has 1 heterocycles. The number of anilines is 1. The minimum atomic E-state index is -1.03. The van der Waals surface area contributed by atoms with Gasteiger partial charge in [0, 0.05) is 5.56 Å². The summed E-state index contributed by atoms with van der Waals surface area (Å²) >= 11 is 1.41. The predicted octanol–water partition coefficient (Wildman–Crippen LogP) is 5.22. The molecule has 0 radical (unpaired) electrons. The number of carboxylic acids is 1. The van der Waals surface area contributed by atoms with Crippen LogP contribution in [0.1, 0.15) is 26.3 Å². The summed E-state index contributed by atoms with van der Waals surface area (Å²) in [7, 11) is 0. The van der Waals surface area contributed by atoms with Crippen LogP contribution in [0.4, 0.5) is 5.13 Å². The van der Waals surface area contributed by atoms with Crippen LogP contribution in [0.25, 0.3) is 21.3 Å². The number of carbonyl (C=O) groups excluding carboxylic acids is 1. The molecule has 4 aromatic rings. The number of amides is 1. The van der Waals surface area contributed by atoms with Gasteiger partial charge in [-0.1, -0.05) is 53.8 Å². The summed E-state index contributed by atoms with van der Waals surface area (Å²) < 4.78 is 1.000. The van der Waals surface area contributed by atoms with Crippen molar-refractivity contribution in [3.05, 3.63) is 83.4 Å². The summed E-state index contributed by atoms with van der Waals surface area (Å²) in [5.74, 6) is -1.36. The van der Waals surface area contributed by atoms with Gasteiger partial charge in [0.1, 0.15) is 0 Å². The molecule has 4 rings (SSSR count). The van der Waals surface area contributed by atoms with E-state index >= 15 is 0 Å². The number of rotatable bonds is 4. The number of aromatic carboxylic acids is 1. The van der Waals surface area contributed by atoms with Crippen LogP contribution in [0.2, 0.25) is 0 Å². The highest BCUT2D eigenvalue weighted by Crippen LogP contribution is 2.30. The third-order valence-electron chi connectivity index (χ3n) is 4.38. The molecule has 0 bridgehead atoms. The highest BCUT2D eigenvalue weighted by Gasteiger charge is 2.18. The highest BCUT2D eigenvalue weighted by molar-refractivity contribution is 7.22. The number of aryl methyl sites for hydroxylation is 1. The zero-order chi connectivity index (χ0) is 19.7. The van der Waals surface area contributed by atoms with E-state index in [4.69, 9.17) is 0 Å². The molecule has 0 aliphatic rings. The Labute approximate surface area is 165 Å². The average Bonchev–Trinajstić information content (AvgIpc) is 3.09. The summed E-state index contributed by atoms with van der Waals surface area (Å²) in [6.45, 7) is 2.01. The third-order valence-corrected chi connectivity index (χ3v) is 5.32. The zero-order valence-corrected chi connectivity index (χ0v) is 15.8. The van der Waals surface area contributed by atoms with Gasteiger partial charge >= 0.3 is 5.97 Å². The number of thiazole rings is 1. The Hall–Kier alpha value is -3.51. The van der Waals surface area contributed by atoms with Gasteiger partial charge in [-0.05, 0) is 47.9 Å². The SMILES string of the molecule is Cc1ccc2nc(NC(=O)c3ccccc3-c3ccccc3C(=O)O)sc2c1. The average molecular weight is 388 g/mol. The number of nitrogens with one attached hydrogen (secondary N) is 1. The molecule has 0 unspecified atom stereocenters. The Balaban J connectivity index is 1.72. The molecular formula is C22H16N2O3S. The first kappa shape index (κ1) is 17.9. The first-order valence-electron chi connectivity index (χ1n) is 8.63. The summed E-state index contributed by atoms with van der Waals surface area (Å²) in [5.41, 5.74) is 3.57. The van der Waals surface area contributed by atoms with Crippen molar-refractivity contribution >= 4 is 38.6 Å². The summed E-state index contributed by atoms with van der Waals surface area (Å²) in [5, 5.41) is 12.8. The number of aromatic nitrogens is 1. The van der Waals surface area contributed by atoms with Crippen molar-refractivity contribution in [3.63, 3.8) is 0 Å². The molecule has 1 aromatic heterocycles. The van der Waals surface area contributed by atoms with E-state index in [1.54, 1.807) is 42.5 Å². The van der Waals surface area contributed by atoms with Crippen molar-refractivity contribution in [3.8, 4) is 11.1 Å². The topological polar surface area (TPSA) is 79.3 Å². The number of hydrogen-bond acceptors (Lipinski definition) is 4. The number of nitrogens with zero attached hydrogens (tertiary/aromatic N) is 1. The van der Waals surface area contributed by atoms with Gasteiger partial charge in [-0.15, -0.1) is 0 Å². The summed E-state index contributed by atoms with van der Waals surface area (Å²) in [6, 6.07) is 19.6. The van der Waals surface area contributed by atoms with Crippen LogP contribution in [0.3, 0.4) is 0 Å². The van der Waals surface area contributed by atoms with Crippen LogP contribution in [0.15, 0.2) is 66.7 Å². The monoisotopic (exact) mass is 388 g/mol. The lowest BCUT2D eigenvalue weighted by Crippen LogP contribution is -2.13. The van der Waals surface area contributed by atoms with E-state index in [2.05, 4.69) is 10.3 Å². The van der Waals surface area contributed by atoms with Gasteiger partial charge in [0.2, 0.25) is 0 Å². The van der Waals surface area contributed by atoms with Gasteiger partial charge in [0.05, 0.1) is 15.8 Å². The molecule has 6 heteroatoms. The fourth-order valence-corrected chi connectivity index (χ4v) is 4.03. The van der Waals surface area contributed by atoms with E-state index < -0.39 is 5.97 Å². The van der Waals surface area contributed by atoms with Crippen molar-refractivity contribution in [2.45, 2.75) is 6.92 Å². The number of fused-ring (bicyclic) bond motifs is 1. The van der Waals surface area contributed by atoms with Crippen LogP contribution in [0.5, 0.6) is 0 Å². The van der Waals surface area contributed by atoms with Crippen LogP contribution >= 0.6 is 11.3 Å².